The van der Waals surface area contributed by atoms with Crippen LogP contribution in [-0.4, -0.2) is 27.5 Å². The van der Waals surface area contributed by atoms with Crippen molar-refractivity contribution in [1.82, 2.24) is 9.55 Å². The molecule has 1 aliphatic rings. The standard InChI is InChI=1S/C23H16F3N3O4/c24-23(25,26)14-7-8-18-17(11-14)27-22(29(18)12-15-5-3-9-32-15)28-20(30)19-10-13-4-1-2-6-16(13)21(31)33-19/h1-9,11,19H,10,12H2,(H,27,28,30). The van der Waals surface area contributed by atoms with Gasteiger partial charge in [0.1, 0.15) is 5.76 Å². The number of imidazole rings is 1. The Morgan fingerprint density at radius 2 is 1.97 bits per heavy atom. The molecule has 0 radical (unpaired) electrons. The lowest BCUT2D eigenvalue weighted by atomic mass is 9.98. The smallest absolute Gasteiger partial charge is 0.416 e. The zero-order valence-corrected chi connectivity index (χ0v) is 16.9. The Balaban J connectivity index is 1.48. The van der Waals surface area contributed by atoms with E-state index in [1.807, 2.05) is 0 Å². The molecular formula is C23H16F3N3O4. The number of nitrogens with zero attached hydrogens (tertiary/aromatic N) is 2. The monoisotopic (exact) mass is 455 g/mol. The predicted molar refractivity (Wildman–Crippen MR) is 111 cm³/mol. The number of furan rings is 1. The number of hydrogen-bond acceptors (Lipinski definition) is 5. The van der Waals surface area contributed by atoms with Crippen LogP contribution in [0, 0.1) is 0 Å². The molecule has 1 unspecified atom stereocenters. The average Bonchev–Trinajstić information content (AvgIpc) is 3.41. The minimum absolute atomic E-state index is 0.0145. The number of rotatable bonds is 4. The molecule has 1 atom stereocenters. The maximum atomic E-state index is 13.2. The summed E-state index contributed by atoms with van der Waals surface area (Å²) in [7, 11) is 0. The zero-order chi connectivity index (χ0) is 23.2. The first-order chi connectivity index (χ1) is 15.8. The normalized spacial score (nSPS) is 15.8. The van der Waals surface area contributed by atoms with Crippen molar-refractivity contribution >= 4 is 28.9 Å². The van der Waals surface area contributed by atoms with E-state index in [1.54, 1.807) is 36.4 Å². The number of carbonyl (C=O) groups excluding carboxylic acids is 2. The summed E-state index contributed by atoms with van der Waals surface area (Å²) in [6.45, 7) is 0.123. The van der Waals surface area contributed by atoms with Gasteiger partial charge in [0.15, 0.2) is 6.10 Å². The van der Waals surface area contributed by atoms with E-state index in [2.05, 4.69) is 10.3 Å². The van der Waals surface area contributed by atoms with E-state index in [-0.39, 0.29) is 24.4 Å². The Bertz CT molecular complexity index is 1360. The number of amides is 1. The highest BCUT2D eigenvalue weighted by atomic mass is 19.4. The quantitative estimate of drug-likeness (QED) is 0.461. The maximum absolute atomic E-state index is 13.2. The number of alkyl halides is 3. The molecule has 0 fully saturated rings. The molecule has 3 heterocycles. The SMILES string of the molecule is O=C1OC(C(=O)Nc2nc3cc(C(F)(F)F)ccc3n2Cc2ccco2)Cc2ccccc21. The Morgan fingerprint density at radius 3 is 2.73 bits per heavy atom. The molecule has 1 aliphatic heterocycles. The second-order valence-electron chi connectivity index (χ2n) is 7.55. The first-order valence-corrected chi connectivity index (χ1v) is 9.99. The van der Waals surface area contributed by atoms with Crippen LogP contribution in [0.1, 0.15) is 27.2 Å². The molecular weight excluding hydrogens is 439 g/mol. The summed E-state index contributed by atoms with van der Waals surface area (Å²) < 4.78 is 51.7. The van der Waals surface area contributed by atoms with Gasteiger partial charge in [0.25, 0.3) is 5.91 Å². The van der Waals surface area contributed by atoms with Gasteiger partial charge in [0.2, 0.25) is 5.95 Å². The van der Waals surface area contributed by atoms with Crippen LogP contribution < -0.4 is 5.32 Å². The predicted octanol–water partition coefficient (Wildman–Crippen LogP) is 4.42. The van der Waals surface area contributed by atoms with E-state index in [1.165, 1.54) is 16.9 Å². The fourth-order valence-corrected chi connectivity index (χ4v) is 3.79. The average molecular weight is 455 g/mol. The number of nitrogens with one attached hydrogen (secondary N) is 1. The molecule has 10 heteroatoms. The van der Waals surface area contributed by atoms with Crippen LogP contribution in [0.2, 0.25) is 0 Å². The third-order valence-corrected chi connectivity index (χ3v) is 5.39. The van der Waals surface area contributed by atoms with Crippen LogP contribution in [0.4, 0.5) is 19.1 Å². The molecule has 2 aromatic carbocycles. The molecule has 7 nitrogen and oxygen atoms in total. The van der Waals surface area contributed by atoms with Gasteiger partial charge in [-0.1, -0.05) is 18.2 Å². The highest BCUT2D eigenvalue weighted by Crippen LogP contribution is 2.32. The van der Waals surface area contributed by atoms with Gasteiger partial charge in [0.05, 0.1) is 35.0 Å². The van der Waals surface area contributed by atoms with Gasteiger partial charge in [-0.2, -0.15) is 13.2 Å². The fraction of sp³-hybridized carbons (Fsp3) is 0.174. The second kappa shape index (κ2) is 7.80. The third-order valence-electron chi connectivity index (χ3n) is 5.39. The van der Waals surface area contributed by atoms with Crippen LogP contribution >= 0.6 is 0 Å². The highest BCUT2D eigenvalue weighted by Gasteiger charge is 2.33. The van der Waals surface area contributed by atoms with Crippen molar-refractivity contribution in [1.29, 1.82) is 0 Å². The lowest BCUT2D eigenvalue weighted by molar-refractivity contribution is -0.137. The Hall–Kier alpha value is -4.08. The van der Waals surface area contributed by atoms with E-state index in [0.717, 1.165) is 12.1 Å². The van der Waals surface area contributed by atoms with E-state index >= 15 is 0 Å². The molecule has 5 rings (SSSR count). The number of halogens is 3. The summed E-state index contributed by atoms with van der Waals surface area (Å²) in [5.41, 5.74) is 0.644. The number of anilines is 1. The van der Waals surface area contributed by atoms with Crippen molar-refractivity contribution in [2.75, 3.05) is 5.32 Å². The number of hydrogen-bond donors (Lipinski definition) is 1. The van der Waals surface area contributed by atoms with Crippen molar-refractivity contribution in [3.05, 3.63) is 83.3 Å². The van der Waals surface area contributed by atoms with E-state index in [0.29, 0.717) is 22.4 Å². The lowest BCUT2D eigenvalue weighted by Crippen LogP contribution is -2.38. The van der Waals surface area contributed by atoms with Crippen molar-refractivity contribution in [2.45, 2.75) is 25.2 Å². The molecule has 4 aromatic rings. The molecule has 0 saturated heterocycles. The minimum Gasteiger partial charge on any atom is -0.467 e. The van der Waals surface area contributed by atoms with Crippen molar-refractivity contribution in [2.24, 2.45) is 0 Å². The topological polar surface area (TPSA) is 86.4 Å². The van der Waals surface area contributed by atoms with Crippen LogP contribution in [0.5, 0.6) is 0 Å². The van der Waals surface area contributed by atoms with Gasteiger partial charge < -0.3 is 13.7 Å². The number of fused-ring (bicyclic) bond motifs is 2. The van der Waals surface area contributed by atoms with Gasteiger partial charge in [-0.15, -0.1) is 0 Å². The van der Waals surface area contributed by atoms with Gasteiger partial charge in [0, 0.05) is 6.42 Å². The Labute approximate surface area is 184 Å². The number of benzene rings is 2. The molecule has 33 heavy (non-hydrogen) atoms. The summed E-state index contributed by atoms with van der Waals surface area (Å²) in [6, 6.07) is 13.3. The summed E-state index contributed by atoms with van der Waals surface area (Å²) in [5, 5.41) is 2.60. The first kappa shape index (κ1) is 20.8. The fourth-order valence-electron chi connectivity index (χ4n) is 3.79. The van der Waals surface area contributed by atoms with E-state index in [4.69, 9.17) is 9.15 Å². The van der Waals surface area contributed by atoms with Crippen molar-refractivity contribution < 1.29 is 31.9 Å². The number of esters is 1. The molecule has 0 saturated carbocycles. The van der Waals surface area contributed by atoms with Crippen LogP contribution in [-0.2, 0) is 28.7 Å². The van der Waals surface area contributed by atoms with E-state index in [9.17, 15) is 22.8 Å². The number of carbonyl (C=O) groups is 2. The van der Waals surface area contributed by atoms with Gasteiger partial charge >= 0.3 is 12.1 Å². The van der Waals surface area contributed by atoms with Gasteiger partial charge in [-0.05, 0) is 42.0 Å². The Kier molecular flexibility index (Phi) is 4.92. The molecule has 0 bridgehead atoms. The van der Waals surface area contributed by atoms with Gasteiger partial charge in [-0.25, -0.2) is 9.78 Å². The summed E-state index contributed by atoms with van der Waals surface area (Å²) in [4.78, 5) is 29.4. The maximum Gasteiger partial charge on any atom is 0.416 e. The molecule has 2 aromatic heterocycles. The first-order valence-electron chi connectivity index (χ1n) is 9.99. The van der Waals surface area contributed by atoms with Crippen molar-refractivity contribution in [3.63, 3.8) is 0 Å². The minimum atomic E-state index is -4.54. The molecule has 0 aliphatic carbocycles. The summed E-state index contributed by atoms with van der Waals surface area (Å²) in [5.74, 6) is -0.718. The van der Waals surface area contributed by atoms with E-state index < -0.39 is 29.7 Å². The summed E-state index contributed by atoms with van der Waals surface area (Å²) >= 11 is 0. The molecule has 1 amide bonds. The lowest BCUT2D eigenvalue weighted by Gasteiger charge is -2.23. The third kappa shape index (κ3) is 3.95. The number of ether oxygens (including phenoxy) is 1. The van der Waals surface area contributed by atoms with Crippen LogP contribution in [0.15, 0.2) is 65.3 Å². The number of aromatic nitrogens is 2. The Morgan fingerprint density at radius 1 is 1.15 bits per heavy atom. The zero-order valence-electron chi connectivity index (χ0n) is 16.9. The number of cyclic esters (lactones) is 1. The van der Waals surface area contributed by atoms with Crippen LogP contribution in [0.3, 0.4) is 0 Å². The highest BCUT2D eigenvalue weighted by molar-refractivity contribution is 6.00. The largest absolute Gasteiger partial charge is 0.467 e. The molecule has 0 spiro atoms. The molecule has 168 valence electrons. The van der Waals surface area contributed by atoms with Gasteiger partial charge in [-0.3, -0.25) is 10.1 Å². The second-order valence-corrected chi connectivity index (χ2v) is 7.55. The molecule has 1 N–H and O–H groups in total. The van der Waals surface area contributed by atoms with Crippen LogP contribution in [0.25, 0.3) is 11.0 Å². The summed E-state index contributed by atoms with van der Waals surface area (Å²) in [6.07, 6.45) is -4.00. The van der Waals surface area contributed by atoms with Crippen molar-refractivity contribution in [3.8, 4) is 0 Å².